The second kappa shape index (κ2) is 6.43. The third-order valence-corrected chi connectivity index (χ3v) is 6.14. The summed E-state index contributed by atoms with van der Waals surface area (Å²) >= 11 is 1.43. The molecule has 2 heterocycles. The maximum atomic E-state index is 12.8. The first-order chi connectivity index (χ1) is 11.0. The number of hydrogen-bond donors (Lipinski definition) is 0. The highest BCUT2D eigenvalue weighted by Gasteiger charge is 2.28. The minimum atomic E-state index is -3.18. The molecule has 1 aromatic carbocycles. The molecule has 1 saturated heterocycles. The Kier molecular flexibility index (Phi) is 4.52. The topological polar surface area (TPSA) is 57.7 Å². The SMILES string of the molecule is CS(=O)(=O)N1CCN(C(=O)c2sccc2-c2ccccc2)CC1. The van der Waals surface area contributed by atoms with Crippen LogP contribution in [0.2, 0.25) is 0 Å². The van der Waals surface area contributed by atoms with Crippen LogP contribution < -0.4 is 0 Å². The number of thiophene rings is 1. The molecule has 1 amide bonds. The summed E-state index contributed by atoms with van der Waals surface area (Å²) in [6, 6.07) is 11.8. The van der Waals surface area contributed by atoms with Crippen LogP contribution in [-0.2, 0) is 10.0 Å². The molecule has 0 atom stereocenters. The van der Waals surface area contributed by atoms with Gasteiger partial charge < -0.3 is 4.90 Å². The summed E-state index contributed by atoms with van der Waals surface area (Å²) in [4.78, 5) is 15.2. The fourth-order valence-electron chi connectivity index (χ4n) is 2.69. The quantitative estimate of drug-likeness (QED) is 0.852. The Morgan fingerprint density at radius 2 is 1.70 bits per heavy atom. The number of hydrogen-bond acceptors (Lipinski definition) is 4. The van der Waals surface area contributed by atoms with Gasteiger partial charge in [-0.2, -0.15) is 4.31 Å². The molecule has 0 saturated carbocycles. The number of carbonyl (C=O) groups excluding carboxylic acids is 1. The summed E-state index contributed by atoms with van der Waals surface area (Å²) in [6.45, 7) is 1.57. The van der Waals surface area contributed by atoms with Crippen molar-refractivity contribution in [3.8, 4) is 11.1 Å². The van der Waals surface area contributed by atoms with E-state index in [-0.39, 0.29) is 5.91 Å². The zero-order chi connectivity index (χ0) is 16.4. The summed E-state index contributed by atoms with van der Waals surface area (Å²) in [5.41, 5.74) is 1.96. The first-order valence-electron chi connectivity index (χ1n) is 7.34. The molecule has 0 N–H and O–H groups in total. The third kappa shape index (κ3) is 3.46. The molecule has 7 heteroatoms. The number of sulfonamides is 1. The van der Waals surface area contributed by atoms with Crippen LogP contribution in [0.4, 0.5) is 0 Å². The Morgan fingerprint density at radius 1 is 1.04 bits per heavy atom. The molecule has 1 aromatic heterocycles. The van der Waals surface area contributed by atoms with Gasteiger partial charge in [-0.25, -0.2) is 8.42 Å². The molecule has 0 unspecified atom stereocenters. The van der Waals surface area contributed by atoms with E-state index in [1.807, 2.05) is 41.8 Å². The Balaban J connectivity index is 1.77. The van der Waals surface area contributed by atoms with Gasteiger partial charge in [0.15, 0.2) is 0 Å². The van der Waals surface area contributed by atoms with E-state index in [4.69, 9.17) is 0 Å². The van der Waals surface area contributed by atoms with Crippen molar-refractivity contribution >= 4 is 27.3 Å². The lowest BCUT2D eigenvalue weighted by Crippen LogP contribution is -2.50. The first kappa shape index (κ1) is 16.2. The molecule has 0 bridgehead atoms. The van der Waals surface area contributed by atoms with E-state index in [0.717, 1.165) is 11.1 Å². The first-order valence-corrected chi connectivity index (χ1v) is 10.1. The molecular formula is C16H18N2O3S2. The molecule has 3 rings (SSSR count). The zero-order valence-corrected chi connectivity index (χ0v) is 14.4. The molecule has 0 aliphatic carbocycles. The normalized spacial score (nSPS) is 16.5. The molecule has 1 aliphatic heterocycles. The van der Waals surface area contributed by atoms with E-state index in [2.05, 4.69) is 0 Å². The average Bonchev–Trinajstić information content (AvgIpc) is 3.04. The van der Waals surface area contributed by atoms with Gasteiger partial charge in [0.05, 0.1) is 11.1 Å². The van der Waals surface area contributed by atoms with Crippen molar-refractivity contribution in [2.75, 3.05) is 32.4 Å². The van der Waals surface area contributed by atoms with E-state index in [1.54, 1.807) is 4.90 Å². The number of piperazine rings is 1. The number of carbonyl (C=O) groups is 1. The van der Waals surface area contributed by atoms with E-state index in [1.165, 1.54) is 21.9 Å². The van der Waals surface area contributed by atoms with E-state index >= 15 is 0 Å². The molecule has 2 aromatic rings. The van der Waals surface area contributed by atoms with Crippen molar-refractivity contribution in [2.24, 2.45) is 0 Å². The van der Waals surface area contributed by atoms with E-state index in [9.17, 15) is 13.2 Å². The number of amides is 1. The highest BCUT2D eigenvalue weighted by atomic mass is 32.2. The highest BCUT2D eigenvalue weighted by molar-refractivity contribution is 7.88. The van der Waals surface area contributed by atoms with Crippen LogP contribution in [0.3, 0.4) is 0 Å². The standard InChI is InChI=1S/C16H18N2O3S2/c1-23(20,21)18-10-8-17(9-11-18)16(19)15-14(7-12-22-15)13-5-3-2-4-6-13/h2-7,12H,8-11H2,1H3. The minimum Gasteiger partial charge on any atom is -0.335 e. The van der Waals surface area contributed by atoms with Crippen LogP contribution in [0, 0.1) is 0 Å². The van der Waals surface area contributed by atoms with Crippen LogP contribution in [0.15, 0.2) is 41.8 Å². The largest absolute Gasteiger partial charge is 0.335 e. The Labute approximate surface area is 140 Å². The third-order valence-electron chi connectivity index (χ3n) is 3.94. The fraction of sp³-hybridized carbons (Fsp3) is 0.312. The van der Waals surface area contributed by atoms with Crippen molar-refractivity contribution in [2.45, 2.75) is 0 Å². The summed E-state index contributed by atoms with van der Waals surface area (Å²) in [6.07, 6.45) is 1.21. The lowest BCUT2D eigenvalue weighted by Gasteiger charge is -2.33. The molecule has 1 aliphatic rings. The Hall–Kier alpha value is -1.70. The molecule has 23 heavy (non-hydrogen) atoms. The van der Waals surface area contributed by atoms with Gasteiger partial charge in [0, 0.05) is 31.7 Å². The Morgan fingerprint density at radius 3 is 2.30 bits per heavy atom. The van der Waals surface area contributed by atoms with Crippen molar-refractivity contribution in [1.29, 1.82) is 0 Å². The highest BCUT2D eigenvalue weighted by Crippen LogP contribution is 2.29. The number of benzene rings is 1. The van der Waals surface area contributed by atoms with Crippen LogP contribution in [0.25, 0.3) is 11.1 Å². The van der Waals surface area contributed by atoms with Crippen molar-refractivity contribution in [1.82, 2.24) is 9.21 Å². The summed E-state index contributed by atoms with van der Waals surface area (Å²) in [5.74, 6) is -0.0213. The van der Waals surface area contributed by atoms with Crippen molar-refractivity contribution < 1.29 is 13.2 Å². The second-order valence-corrected chi connectivity index (χ2v) is 8.38. The number of rotatable bonds is 3. The van der Waals surface area contributed by atoms with Gasteiger partial charge in [0.2, 0.25) is 10.0 Å². The van der Waals surface area contributed by atoms with E-state index < -0.39 is 10.0 Å². The lowest BCUT2D eigenvalue weighted by molar-refractivity contribution is 0.0704. The maximum Gasteiger partial charge on any atom is 0.264 e. The van der Waals surface area contributed by atoms with Crippen LogP contribution in [0.5, 0.6) is 0 Å². The molecule has 5 nitrogen and oxygen atoms in total. The Bertz CT molecular complexity index is 792. The second-order valence-electron chi connectivity index (χ2n) is 5.48. The fourth-order valence-corrected chi connectivity index (χ4v) is 4.40. The molecule has 0 spiro atoms. The predicted octanol–water partition coefficient (Wildman–Crippen LogP) is 2.13. The van der Waals surface area contributed by atoms with Gasteiger partial charge in [-0.1, -0.05) is 30.3 Å². The van der Waals surface area contributed by atoms with Crippen LogP contribution >= 0.6 is 11.3 Å². The maximum absolute atomic E-state index is 12.8. The van der Waals surface area contributed by atoms with Crippen molar-refractivity contribution in [3.63, 3.8) is 0 Å². The zero-order valence-electron chi connectivity index (χ0n) is 12.8. The summed E-state index contributed by atoms with van der Waals surface area (Å²) in [7, 11) is -3.18. The smallest absolute Gasteiger partial charge is 0.264 e. The van der Waals surface area contributed by atoms with Gasteiger partial charge in [0.25, 0.3) is 5.91 Å². The molecule has 0 radical (unpaired) electrons. The predicted molar refractivity (Wildman–Crippen MR) is 92.1 cm³/mol. The van der Waals surface area contributed by atoms with Gasteiger partial charge in [-0.05, 0) is 17.0 Å². The van der Waals surface area contributed by atoms with Gasteiger partial charge in [-0.15, -0.1) is 11.3 Å². The lowest BCUT2D eigenvalue weighted by atomic mass is 10.1. The van der Waals surface area contributed by atoms with Gasteiger partial charge in [0.1, 0.15) is 0 Å². The van der Waals surface area contributed by atoms with Crippen molar-refractivity contribution in [3.05, 3.63) is 46.7 Å². The molecule has 122 valence electrons. The van der Waals surface area contributed by atoms with Gasteiger partial charge in [-0.3, -0.25) is 4.79 Å². The van der Waals surface area contributed by atoms with Gasteiger partial charge >= 0.3 is 0 Å². The minimum absolute atomic E-state index is 0.0213. The molecular weight excluding hydrogens is 332 g/mol. The van der Waals surface area contributed by atoms with Crippen LogP contribution in [0.1, 0.15) is 9.67 Å². The number of nitrogens with zero attached hydrogens (tertiary/aromatic N) is 2. The van der Waals surface area contributed by atoms with Crippen LogP contribution in [-0.4, -0.2) is 56.0 Å². The monoisotopic (exact) mass is 350 g/mol. The molecule has 1 fully saturated rings. The average molecular weight is 350 g/mol. The van der Waals surface area contributed by atoms with E-state index in [0.29, 0.717) is 31.1 Å². The summed E-state index contributed by atoms with van der Waals surface area (Å²) < 4.78 is 24.5. The summed E-state index contributed by atoms with van der Waals surface area (Å²) in [5, 5.41) is 1.92.